The normalized spacial score (nSPS) is 14.4. The smallest absolute Gasteiger partial charge is 0.410 e. The van der Waals surface area contributed by atoms with Gasteiger partial charge in [0, 0.05) is 44.6 Å². The topological polar surface area (TPSA) is 156 Å². The van der Waals surface area contributed by atoms with Crippen LogP contribution in [0, 0.1) is 13.8 Å². The number of nitrogens with zero attached hydrogens (tertiary/aromatic N) is 7. The third-order valence-corrected chi connectivity index (χ3v) is 12.3. The quantitative estimate of drug-likeness (QED) is 0.104. The molecule has 4 aromatic carbocycles. The van der Waals surface area contributed by atoms with Gasteiger partial charge in [-0.15, -0.1) is 22.6 Å². The Morgan fingerprint density at radius 3 is 1.69 bits per heavy atom. The van der Waals surface area contributed by atoms with Gasteiger partial charge in [0.1, 0.15) is 16.6 Å². The lowest BCUT2D eigenvalue weighted by Crippen LogP contribution is -2.39. The molecule has 0 saturated heterocycles. The van der Waals surface area contributed by atoms with Gasteiger partial charge in [0.15, 0.2) is 0 Å². The third kappa shape index (κ3) is 10.2. The first-order valence-electron chi connectivity index (χ1n) is 21.9. The molecule has 0 aliphatic carbocycles. The lowest BCUT2D eigenvalue weighted by Gasteiger charge is -2.32. The Morgan fingerprint density at radius 1 is 0.703 bits per heavy atom. The predicted octanol–water partition coefficient (Wildman–Crippen LogP) is 8.27. The van der Waals surface area contributed by atoms with Crippen LogP contribution in [0.2, 0.25) is 0 Å². The van der Waals surface area contributed by atoms with Gasteiger partial charge in [0.2, 0.25) is 0 Å². The first kappa shape index (κ1) is 47.6. The van der Waals surface area contributed by atoms with Crippen LogP contribution in [-0.4, -0.2) is 85.8 Å². The number of ether oxygens (including phenoxy) is 3. The number of fused-ring (bicyclic) bond motifs is 4. The lowest BCUT2D eigenvalue weighted by molar-refractivity contribution is -0.141. The van der Waals surface area contributed by atoms with E-state index in [0.717, 1.165) is 100 Å². The van der Waals surface area contributed by atoms with E-state index in [-0.39, 0.29) is 48.7 Å². The number of carbonyl (C=O) groups excluding carboxylic acids is 3. The summed E-state index contributed by atoms with van der Waals surface area (Å²) >= 11 is 0. The molecule has 0 spiro atoms. The molecule has 0 fully saturated rings. The lowest BCUT2D eigenvalue weighted by atomic mass is 9.83. The van der Waals surface area contributed by atoms with Crippen molar-refractivity contribution in [2.75, 3.05) is 27.3 Å². The molecule has 1 N–H and O–H groups in total. The summed E-state index contributed by atoms with van der Waals surface area (Å²) in [6.45, 7) is 18.3. The Balaban J connectivity index is 0.000000214. The number of aromatic nitrogens is 6. The number of carbonyl (C=O) groups is 3. The molecule has 14 nitrogen and oxygen atoms in total. The summed E-state index contributed by atoms with van der Waals surface area (Å²) in [5.74, 6) is -0.769. The highest BCUT2D eigenvalue weighted by atomic mass is 35.5. The highest BCUT2D eigenvalue weighted by Gasteiger charge is 2.29. The van der Waals surface area contributed by atoms with Gasteiger partial charge >= 0.3 is 18.0 Å². The van der Waals surface area contributed by atoms with E-state index >= 15 is 0 Å². The van der Waals surface area contributed by atoms with Crippen molar-refractivity contribution in [1.29, 1.82) is 0 Å². The summed E-state index contributed by atoms with van der Waals surface area (Å²) < 4.78 is 19.4. The number of esters is 2. The minimum absolute atomic E-state index is 0. The van der Waals surface area contributed by atoms with Crippen LogP contribution < -0.4 is 5.32 Å². The van der Waals surface area contributed by atoms with Crippen molar-refractivity contribution in [2.24, 2.45) is 0 Å². The van der Waals surface area contributed by atoms with Gasteiger partial charge in [-0.25, -0.2) is 14.2 Å². The second-order valence-corrected chi connectivity index (χ2v) is 17.4. The SMILES string of the molecule is CCn1nnc2c(C)c(C(CC(=O)OC)c3ccc4c(c3)CN(C(=O)OC(C)(C)C)CC4)ccc21.CCn1nnc2c(C)c(C(CC(=O)OC)c3ccc4c(c3)CNCC4)ccc21.Cl. The van der Waals surface area contributed by atoms with Gasteiger partial charge in [-0.1, -0.05) is 59.0 Å². The number of methoxy groups -OCH3 is 2. The third-order valence-electron chi connectivity index (χ3n) is 12.3. The monoisotopic (exact) mass is 892 g/mol. The maximum Gasteiger partial charge on any atom is 0.410 e. The summed E-state index contributed by atoms with van der Waals surface area (Å²) in [5.41, 5.74) is 14.5. The second kappa shape index (κ2) is 20.3. The second-order valence-electron chi connectivity index (χ2n) is 17.4. The molecule has 8 rings (SSSR count). The number of rotatable bonds is 10. The molecule has 0 saturated carbocycles. The Labute approximate surface area is 381 Å². The van der Waals surface area contributed by atoms with Crippen molar-refractivity contribution in [1.82, 2.24) is 40.2 Å². The molecule has 2 unspecified atom stereocenters. The van der Waals surface area contributed by atoms with Crippen LogP contribution in [0.4, 0.5) is 4.79 Å². The minimum Gasteiger partial charge on any atom is -0.469 e. The van der Waals surface area contributed by atoms with Gasteiger partial charge in [-0.05, 0) is 136 Å². The largest absolute Gasteiger partial charge is 0.469 e. The molecule has 1 amide bonds. The predicted molar refractivity (Wildman–Crippen MR) is 249 cm³/mol. The first-order chi connectivity index (χ1) is 30.2. The van der Waals surface area contributed by atoms with Crippen molar-refractivity contribution >= 4 is 52.5 Å². The molecule has 2 aliphatic heterocycles. The number of benzene rings is 4. The summed E-state index contributed by atoms with van der Waals surface area (Å²) in [4.78, 5) is 39.1. The highest BCUT2D eigenvalue weighted by Crippen LogP contribution is 2.37. The van der Waals surface area contributed by atoms with Crippen LogP contribution in [0.3, 0.4) is 0 Å². The molecular formula is C49H61ClN8O6. The number of nitrogens with one attached hydrogen (secondary N) is 1. The van der Waals surface area contributed by atoms with Crippen molar-refractivity contribution in [2.45, 2.75) is 118 Å². The molecule has 4 heterocycles. The van der Waals surface area contributed by atoms with Crippen LogP contribution >= 0.6 is 12.4 Å². The van der Waals surface area contributed by atoms with Gasteiger partial charge in [0.25, 0.3) is 0 Å². The van der Waals surface area contributed by atoms with E-state index in [1.165, 1.54) is 30.9 Å². The minimum atomic E-state index is -0.541. The van der Waals surface area contributed by atoms with Crippen molar-refractivity contribution in [3.63, 3.8) is 0 Å². The molecule has 0 bridgehead atoms. The van der Waals surface area contributed by atoms with E-state index in [4.69, 9.17) is 14.2 Å². The molecule has 2 aromatic heterocycles. The molecule has 2 atom stereocenters. The molecule has 64 heavy (non-hydrogen) atoms. The number of halogens is 1. The maximum atomic E-state index is 12.7. The van der Waals surface area contributed by atoms with E-state index < -0.39 is 5.60 Å². The van der Waals surface area contributed by atoms with Crippen LogP contribution in [0.5, 0.6) is 0 Å². The van der Waals surface area contributed by atoms with E-state index in [2.05, 4.69) is 94.4 Å². The summed E-state index contributed by atoms with van der Waals surface area (Å²) in [6, 6.07) is 21.2. The standard InChI is InChI=1S/C27H34N4O4.C22H26N4O2.ClH/c1-7-31-23-11-10-21(17(2)25(23)28-29-31)22(15-24(32)34-6)19-9-8-18-12-13-30(16-20(18)14-19)26(33)35-27(3,4)5;1-4-26-20-8-7-18(14(2)22(20)24-25-26)19(12-21(27)28-3)16-6-5-15-9-10-23-13-17(15)11-16;/h8-11,14,22H,7,12-13,15-16H2,1-6H3;5-8,11,19,23H,4,9-10,12-13H2,1-3H3;1H. The maximum absolute atomic E-state index is 12.7. The van der Waals surface area contributed by atoms with Gasteiger partial charge in [0.05, 0.1) is 38.1 Å². The van der Waals surface area contributed by atoms with Crippen LogP contribution in [0.25, 0.3) is 22.1 Å². The van der Waals surface area contributed by atoms with E-state index in [9.17, 15) is 14.4 Å². The Bertz CT molecular complexity index is 2650. The molecule has 15 heteroatoms. The van der Waals surface area contributed by atoms with E-state index in [0.29, 0.717) is 19.5 Å². The van der Waals surface area contributed by atoms with Gasteiger partial charge in [-0.3, -0.25) is 9.59 Å². The van der Waals surface area contributed by atoms with Crippen molar-refractivity contribution < 1.29 is 28.6 Å². The average molecular weight is 894 g/mol. The molecule has 340 valence electrons. The summed E-state index contributed by atoms with van der Waals surface area (Å²) in [7, 11) is 2.85. The van der Waals surface area contributed by atoms with Gasteiger partial charge < -0.3 is 24.4 Å². The first-order valence-corrected chi connectivity index (χ1v) is 21.9. The van der Waals surface area contributed by atoms with Crippen LogP contribution in [-0.2, 0) is 62.8 Å². The number of hydrogen-bond donors (Lipinski definition) is 1. The average Bonchev–Trinajstić information content (AvgIpc) is 3.92. The van der Waals surface area contributed by atoms with E-state index in [1.54, 1.807) is 4.90 Å². The zero-order chi connectivity index (χ0) is 45.0. The van der Waals surface area contributed by atoms with Crippen molar-refractivity contribution in [3.8, 4) is 0 Å². The zero-order valence-corrected chi connectivity index (χ0v) is 39.3. The molecule has 6 aromatic rings. The number of hydrogen-bond acceptors (Lipinski definition) is 11. The fraction of sp³-hybridized carbons (Fsp3) is 0.449. The molecular weight excluding hydrogens is 832 g/mol. The number of amides is 1. The molecule has 0 radical (unpaired) electrons. The summed E-state index contributed by atoms with van der Waals surface area (Å²) in [6.07, 6.45) is 2.01. The van der Waals surface area contributed by atoms with Gasteiger partial charge in [-0.2, -0.15) is 0 Å². The van der Waals surface area contributed by atoms with Crippen LogP contribution in [0.15, 0.2) is 60.7 Å². The fourth-order valence-corrected chi connectivity index (χ4v) is 8.90. The Kier molecular flexibility index (Phi) is 15.1. The highest BCUT2D eigenvalue weighted by molar-refractivity contribution is 5.85. The zero-order valence-electron chi connectivity index (χ0n) is 38.5. The number of aryl methyl sites for hydroxylation is 4. The molecule has 2 aliphatic rings. The summed E-state index contributed by atoms with van der Waals surface area (Å²) in [5, 5.41) is 20.7. The van der Waals surface area contributed by atoms with E-state index in [1.807, 2.05) is 50.0 Å². The fourth-order valence-electron chi connectivity index (χ4n) is 8.90. The van der Waals surface area contributed by atoms with Crippen LogP contribution in [0.1, 0.15) is 115 Å². The van der Waals surface area contributed by atoms with Crippen molar-refractivity contribution in [3.05, 3.63) is 116 Å². The Hall–Kier alpha value is -5.86. The Morgan fingerprint density at radius 2 is 1.20 bits per heavy atom.